The summed E-state index contributed by atoms with van der Waals surface area (Å²) in [6.07, 6.45) is 0.809. The van der Waals surface area contributed by atoms with Gasteiger partial charge in [0, 0.05) is 17.1 Å². The van der Waals surface area contributed by atoms with Crippen molar-refractivity contribution in [2.45, 2.75) is 38.3 Å². The van der Waals surface area contributed by atoms with E-state index in [1.54, 1.807) is 16.9 Å². The van der Waals surface area contributed by atoms with Crippen molar-refractivity contribution in [3.05, 3.63) is 61.4 Å². The number of carbonyl (C=O) groups is 1. The van der Waals surface area contributed by atoms with E-state index in [1.165, 1.54) is 4.68 Å². The Morgan fingerprint density at radius 3 is 2.67 bits per heavy atom. The topological polar surface area (TPSA) is 64.7 Å². The SMILES string of the molecule is O=C(Cn1nc(C(F)F)c(Br)c1C1CC1)Nc1nn(Cc2ccccc2Cl)cc1Br. The molecule has 3 aromatic rings. The van der Waals surface area contributed by atoms with Crippen molar-refractivity contribution >= 4 is 55.2 Å². The molecular weight excluding hydrogens is 548 g/mol. The number of halogens is 5. The molecule has 0 saturated heterocycles. The van der Waals surface area contributed by atoms with Gasteiger partial charge < -0.3 is 5.32 Å². The van der Waals surface area contributed by atoms with E-state index in [1.807, 2.05) is 18.2 Å². The molecule has 0 spiro atoms. The molecule has 2 heterocycles. The Balaban J connectivity index is 1.48. The fraction of sp³-hybridized carbons (Fsp3) is 0.316. The molecule has 1 aromatic carbocycles. The lowest BCUT2D eigenvalue weighted by Crippen LogP contribution is -2.21. The average Bonchev–Trinajstić information content (AvgIpc) is 3.38. The Bertz CT molecular complexity index is 1100. The number of rotatable bonds is 7. The van der Waals surface area contributed by atoms with Gasteiger partial charge in [0.2, 0.25) is 5.91 Å². The maximum atomic E-state index is 13.2. The van der Waals surface area contributed by atoms with E-state index in [0.717, 1.165) is 18.4 Å². The van der Waals surface area contributed by atoms with Crippen LogP contribution in [0.15, 0.2) is 39.4 Å². The number of nitrogens with one attached hydrogen (secondary N) is 1. The summed E-state index contributed by atoms with van der Waals surface area (Å²) >= 11 is 12.8. The summed E-state index contributed by atoms with van der Waals surface area (Å²) in [4.78, 5) is 12.6. The highest BCUT2D eigenvalue weighted by Crippen LogP contribution is 2.45. The molecule has 0 atom stereocenters. The minimum atomic E-state index is -2.71. The highest BCUT2D eigenvalue weighted by Gasteiger charge is 2.34. The summed E-state index contributed by atoms with van der Waals surface area (Å²) < 4.78 is 30.3. The maximum Gasteiger partial charge on any atom is 0.283 e. The van der Waals surface area contributed by atoms with Gasteiger partial charge in [-0.1, -0.05) is 29.8 Å². The normalized spacial score (nSPS) is 13.8. The van der Waals surface area contributed by atoms with E-state index in [4.69, 9.17) is 11.6 Å². The van der Waals surface area contributed by atoms with E-state index in [-0.39, 0.29) is 22.6 Å². The summed E-state index contributed by atoms with van der Waals surface area (Å²) in [5.41, 5.74) is 1.20. The average molecular weight is 564 g/mol. The summed E-state index contributed by atoms with van der Waals surface area (Å²) in [7, 11) is 0. The van der Waals surface area contributed by atoms with Crippen molar-refractivity contribution in [1.82, 2.24) is 19.6 Å². The van der Waals surface area contributed by atoms with Crippen LogP contribution in [0.1, 0.15) is 42.1 Å². The third-order valence-electron chi connectivity index (χ3n) is 4.69. The number of benzene rings is 1. The van der Waals surface area contributed by atoms with Crippen molar-refractivity contribution in [2.75, 3.05) is 5.32 Å². The lowest BCUT2D eigenvalue weighted by molar-refractivity contribution is -0.117. The monoisotopic (exact) mass is 561 g/mol. The Hall–Kier alpha value is -1.78. The lowest BCUT2D eigenvalue weighted by atomic mass is 10.2. The zero-order chi connectivity index (χ0) is 21.4. The molecule has 4 rings (SSSR count). The minimum absolute atomic E-state index is 0.147. The molecule has 6 nitrogen and oxygen atoms in total. The van der Waals surface area contributed by atoms with Crippen LogP contribution in [0.4, 0.5) is 14.6 Å². The van der Waals surface area contributed by atoms with E-state index in [9.17, 15) is 13.6 Å². The number of hydrogen-bond donors (Lipinski definition) is 1. The first-order valence-corrected chi connectivity index (χ1v) is 11.1. The molecule has 1 saturated carbocycles. The number of hydrogen-bond acceptors (Lipinski definition) is 3. The van der Waals surface area contributed by atoms with Gasteiger partial charge in [0.1, 0.15) is 12.2 Å². The summed E-state index contributed by atoms with van der Waals surface area (Å²) in [5.74, 6) is 0.0745. The van der Waals surface area contributed by atoms with Gasteiger partial charge >= 0.3 is 0 Å². The van der Waals surface area contributed by atoms with Crippen molar-refractivity contribution in [2.24, 2.45) is 0 Å². The highest BCUT2D eigenvalue weighted by molar-refractivity contribution is 9.11. The van der Waals surface area contributed by atoms with Crippen molar-refractivity contribution in [3.8, 4) is 0 Å². The zero-order valence-electron chi connectivity index (χ0n) is 15.5. The second-order valence-corrected chi connectivity index (χ2v) is 9.03. The molecular formula is C19H16Br2ClF2N5O. The van der Waals surface area contributed by atoms with Crippen molar-refractivity contribution in [3.63, 3.8) is 0 Å². The van der Waals surface area contributed by atoms with E-state index >= 15 is 0 Å². The summed E-state index contributed by atoms with van der Waals surface area (Å²) in [6, 6.07) is 7.42. The number of nitrogens with zero attached hydrogens (tertiary/aromatic N) is 4. The third kappa shape index (κ3) is 4.60. The van der Waals surface area contributed by atoms with Crippen LogP contribution >= 0.6 is 43.5 Å². The molecule has 0 unspecified atom stereocenters. The number of anilines is 1. The fourth-order valence-electron chi connectivity index (χ4n) is 3.15. The molecule has 0 bridgehead atoms. The second kappa shape index (κ2) is 8.76. The van der Waals surface area contributed by atoms with Crippen LogP contribution < -0.4 is 5.32 Å². The van der Waals surface area contributed by atoms with Gasteiger partial charge in [0.15, 0.2) is 5.82 Å². The number of carbonyl (C=O) groups excluding carboxylic acids is 1. The van der Waals surface area contributed by atoms with E-state index in [0.29, 0.717) is 27.6 Å². The van der Waals surface area contributed by atoms with Crippen LogP contribution in [0.5, 0.6) is 0 Å². The van der Waals surface area contributed by atoms with Crippen LogP contribution in [0.2, 0.25) is 5.02 Å². The van der Waals surface area contributed by atoms with Gasteiger partial charge in [-0.05, 0) is 56.3 Å². The molecule has 158 valence electrons. The molecule has 2 aromatic heterocycles. The Labute approximate surface area is 192 Å². The van der Waals surface area contributed by atoms with Gasteiger partial charge in [-0.25, -0.2) is 8.78 Å². The van der Waals surface area contributed by atoms with Crippen LogP contribution in [0.3, 0.4) is 0 Å². The van der Waals surface area contributed by atoms with E-state index < -0.39 is 12.3 Å². The molecule has 1 fully saturated rings. The Kier molecular flexibility index (Phi) is 6.26. The molecule has 0 radical (unpaired) electrons. The molecule has 0 aliphatic heterocycles. The predicted molar refractivity (Wildman–Crippen MR) is 116 cm³/mol. The lowest BCUT2D eigenvalue weighted by Gasteiger charge is -2.07. The second-order valence-electron chi connectivity index (χ2n) is 6.98. The Morgan fingerprint density at radius 2 is 2.00 bits per heavy atom. The molecule has 1 amide bonds. The van der Waals surface area contributed by atoms with Gasteiger partial charge in [-0.3, -0.25) is 14.2 Å². The van der Waals surface area contributed by atoms with Crippen molar-refractivity contribution < 1.29 is 13.6 Å². The van der Waals surface area contributed by atoms with Gasteiger partial charge in [0.05, 0.1) is 21.2 Å². The number of amides is 1. The number of alkyl halides is 2. The van der Waals surface area contributed by atoms with Gasteiger partial charge in [-0.15, -0.1) is 0 Å². The minimum Gasteiger partial charge on any atom is -0.307 e. The largest absolute Gasteiger partial charge is 0.307 e. The summed E-state index contributed by atoms with van der Waals surface area (Å²) in [6.45, 7) is 0.255. The molecule has 1 aliphatic rings. The zero-order valence-corrected chi connectivity index (χ0v) is 19.4. The molecule has 30 heavy (non-hydrogen) atoms. The van der Waals surface area contributed by atoms with Crippen LogP contribution in [-0.2, 0) is 17.9 Å². The smallest absolute Gasteiger partial charge is 0.283 e. The third-order valence-corrected chi connectivity index (χ3v) is 6.45. The first-order valence-electron chi connectivity index (χ1n) is 9.14. The van der Waals surface area contributed by atoms with Gasteiger partial charge in [-0.2, -0.15) is 10.2 Å². The maximum absolute atomic E-state index is 13.2. The van der Waals surface area contributed by atoms with Crippen LogP contribution in [0.25, 0.3) is 0 Å². The predicted octanol–water partition coefficient (Wildman–Crippen LogP) is 5.76. The van der Waals surface area contributed by atoms with Crippen molar-refractivity contribution in [1.29, 1.82) is 0 Å². The quantitative estimate of drug-likeness (QED) is 0.398. The Morgan fingerprint density at radius 1 is 1.27 bits per heavy atom. The summed E-state index contributed by atoms with van der Waals surface area (Å²) in [5, 5.41) is 11.7. The van der Waals surface area contributed by atoms with Gasteiger partial charge in [0.25, 0.3) is 6.43 Å². The van der Waals surface area contributed by atoms with E-state index in [2.05, 4.69) is 47.4 Å². The fourth-order valence-corrected chi connectivity index (χ4v) is 4.54. The number of aromatic nitrogens is 4. The highest BCUT2D eigenvalue weighted by atomic mass is 79.9. The molecule has 1 aliphatic carbocycles. The first-order chi connectivity index (χ1) is 14.3. The van der Waals surface area contributed by atoms with Crippen LogP contribution in [-0.4, -0.2) is 25.5 Å². The molecule has 11 heteroatoms. The first kappa shape index (κ1) is 21.5. The molecule has 1 N–H and O–H groups in total. The van der Waals surface area contributed by atoms with Crippen LogP contribution in [0, 0.1) is 0 Å². The standard InChI is InChI=1S/C19H16Br2ClF2N5O/c20-12-8-28(7-11-3-1-2-4-13(11)22)27-19(12)25-14(30)9-29-17(10-5-6-10)15(21)16(26-29)18(23)24/h1-4,8,10,18H,5-7,9H2,(H,25,27,30).